The average molecular weight is 456 g/mol. The van der Waals surface area contributed by atoms with Crippen molar-refractivity contribution < 1.29 is 14.4 Å². The van der Waals surface area contributed by atoms with Gasteiger partial charge >= 0.3 is 0 Å². The molecule has 0 aliphatic carbocycles. The number of rotatable bonds is 8. The van der Waals surface area contributed by atoms with Crippen molar-refractivity contribution in [3.8, 4) is 0 Å². The van der Waals surface area contributed by atoms with Crippen LogP contribution in [0.5, 0.6) is 0 Å². The molecular formula is C25H37N5O3. The van der Waals surface area contributed by atoms with Crippen LogP contribution in [0.4, 0.5) is 11.4 Å². The fraction of sp³-hybridized carbons (Fsp3) is 0.640. The number of likely N-dealkylation sites (tertiary alicyclic amines) is 1. The van der Waals surface area contributed by atoms with Gasteiger partial charge in [-0.25, -0.2) is 0 Å². The third-order valence-electron chi connectivity index (χ3n) is 7.22. The van der Waals surface area contributed by atoms with Gasteiger partial charge in [0.25, 0.3) is 5.91 Å². The van der Waals surface area contributed by atoms with E-state index in [0.29, 0.717) is 17.8 Å². The lowest BCUT2D eigenvalue weighted by molar-refractivity contribution is -0.125. The van der Waals surface area contributed by atoms with Gasteiger partial charge in [-0.05, 0) is 63.4 Å². The lowest BCUT2D eigenvalue weighted by atomic mass is 9.95. The van der Waals surface area contributed by atoms with Gasteiger partial charge in [0.15, 0.2) is 0 Å². The van der Waals surface area contributed by atoms with E-state index in [0.717, 1.165) is 77.1 Å². The molecule has 0 unspecified atom stereocenters. The number of piperidine rings is 1. The second-order valence-electron chi connectivity index (χ2n) is 9.21. The summed E-state index contributed by atoms with van der Waals surface area (Å²) >= 11 is 0. The van der Waals surface area contributed by atoms with E-state index in [9.17, 15) is 14.4 Å². The topological polar surface area (TPSA) is 76.2 Å². The van der Waals surface area contributed by atoms with Gasteiger partial charge in [-0.1, -0.05) is 13.8 Å². The number of carbonyl (C=O) groups is 3. The molecule has 3 amide bonds. The first-order valence-electron chi connectivity index (χ1n) is 12.5. The van der Waals surface area contributed by atoms with Crippen LogP contribution in [0.15, 0.2) is 18.2 Å². The lowest BCUT2D eigenvalue weighted by Gasteiger charge is -2.45. The number of amides is 3. The van der Waals surface area contributed by atoms with Crippen LogP contribution < -0.4 is 15.1 Å². The normalized spacial score (nSPS) is 20.2. The summed E-state index contributed by atoms with van der Waals surface area (Å²) in [5.41, 5.74) is 2.22. The number of likely N-dealkylation sites (N-methyl/N-ethyl adjacent to an activating group) is 1. The highest BCUT2D eigenvalue weighted by Crippen LogP contribution is 2.40. The van der Waals surface area contributed by atoms with Gasteiger partial charge < -0.3 is 20.0 Å². The van der Waals surface area contributed by atoms with Crippen molar-refractivity contribution in [3.63, 3.8) is 0 Å². The number of nitrogens with one attached hydrogen (secondary N) is 1. The average Bonchev–Trinajstić information content (AvgIpc) is 3.39. The number of anilines is 2. The van der Waals surface area contributed by atoms with Crippen molar-refractivity contribution in [3.05, 3.63) is 23.8 Å². The van der Waals surface area contributed by atoms with E-state index in [2.05, 4.69) is 29.0 Å². The molecule has 1 N–H and O–H groups in total. The first-order chi connectivity index (χ1) is 16.0. The predicted octanol–water partition coefficient (Wildman–Crippen LogP) is 2.09. The highest BCUT2D eigenvalue weighted by molar-refractivity contribution is 6.09. The van der Waals surface area contributed by atoms with Crippen LogP contribution in [0.1, 0.15) is 56.3 Å². The van der Waals surface area contributed by atoms with Crippen molar-refractivity contribution in [2.45, 2.75) is 52.0 Å². The van der Waals surface area contributed by atoms with Crippen LogP contribution in [0.3, 0.4) is 0 Å². The van der Waals surface area contributed by atoms with Crippen molar-refractivity contribution in [2.24, 2.45) is 0 Å². The van der Waals surface area contributed by atoms with Gasteiger partial charge in [0.05, 0.1) is 11.4 Å². The summed E-state index contributed by atoms with van der Waals surface area (Å²) in [5, 5.41) is 2.97. The van der Waals surface area contributed by atoms with Crippen LogP contribution in [0, 0.1) is 0 Å². The Morgan fingerprint density at radius 1 is 1.03 bits per heavy atom. The molecule has 0 radical (unpaired) electrons. The van der Waals surface area contributed by atoms with Crippen LogP contribution in [-0.2, 0) is 9.59 Å². The van der Waals surface area contributed by atoms with E-state index >= 15 is 0 Å². The Bertz CT molecular complexity index is 879. The number of benzene rings is 1. The summed E-state index contributed by atoms with van der Waals surface area (Å²) in [6, 6.07) is 5.44. The summed E-state index contributed by atoms with van der Waals surface area (Å²) in [4.78, 5) is 47.2. The summed E-state index contributed by atoms with van der Waals surface area (Å²) < 4.78 is 0. The zero-order chi connectivity index (χ0) is 23.4. The fourth-order valence-corrected chi connectivity index (χ4v) is 5.25. The van der Waals surface area contributed by atoms with Crippen LogP contribution in [0.2, 0.25) is 0 Å². The van der Waals surface area contributed by atoms with E-state index in [1.807, 2.05) is 23.1 Å². The number of nitrogens with zero attached hydrogens (tertiary/aromatic N) is 4. The molecule has 180 valence electrons. The molecule has 8 heteroatoms. The Morgan fingerprint density at radius 3 is 2.48 bits per heavy atom. The molecule has 0 bridgehead atoms. The Morgan fingerprint density at radius 2 is 1.76 bits per heavy atom. The molecule has 0 aromatic heterocycles. The summed E-state index contributed by atoms with van der Waals surface area (Å²) in [7, 11) is 0. The molecule has 1 aromatic carbocycles. The molecule has 33 heavy (non-hydrogen) atoms. The lowest BCUT2D eigenvalue weighted by Crippen LogP contribution is -2.57. The molecule has 3 aliphatic heterocycles. The standard InChI is InChI=1S/C25H37N5O3/c1-3-27(4-2)16-12-26-23(31)18-30-22-17-19(24(32)28-13-7-8-14-28)10-11-20(22)29-15-6-5-9-21(29)25(30)33/h10-11,17,21H,3-9,12-16,18H2,1-2H3,(H,26,31)/t21-/m1/s1. The molecular weight excluding hydrogens is 418 g/mol. The number of hydrogen-bond acceptors (Lipinski definition) is 5. The number of hydrogen-bond donors (Lipinski definition) is 1. The highest BCUT2D eigenvalue weighted by atomic mass is 16.2. The van der Waals surface area contributed by atoms with Crippen molar-refractivity contribution in [1.29, 1.82) is 0 Å². The summed E-state index contributed by atoms with van der Waals surface area (Å²) in [6.45, 7) is 9.79. The van der Waals surface area contributed by atoms with E-state index in [1.165, 1.54) is 0 Å². The van der Waals surface area contributed by atoms with Crippen molar-refractivity contribution in [1.82, 2.24) is 15.1 Å². The second-order valence-corrected chi connectivity index (χ2v) is 9.21. The second kappa shape index (κ2) is 10.5. The third kappa shape index (κ3) is 5.00. The first-order valence-corrected chi connectivity index (χ1v) is 12.5. The summed E-state index contributed by atoms with van der Waals surface area (Å²) in [6.07, 6.45) is 4.92. The maximum Gasteiger partial charge on any atom is 0.253 e. The summed E-state index contributed by atoms with van der Waals surface area (Å²) in [5.74, 6) is -0.194. The van der Waals surface area contributed by atoms with Crippen LogP contribution >= 0.6 is 0 Å². The Kier molecular flexibility index (Phi) is 7.53. The minimum atomic E-state index is -0.227. The predicted molar refractivity (Wildman–Crippen MR) is 130 cm³/mol. The Hall–Kier alpha value is -2.61. The van der Waals surface area contributed by atoms with Gasteiger partial charge in [-0.2, -0.15) is 0 Å². The maximum absolute atomic E-state index is 13.5. The van der Waals surface area contributed by atoms with Gasteiger partial charge in [-0.3, -0.25) is 19.3 Å². The zero-order valence-corrected chi connectivity index (χ0v) is 20.0. The quantitative estimate of drug-likeness (QED) is 0.650. The van der Waals surface area contributed by atoms with E-state index in [4.69, 9.17) is 0 Å². The minimum absolute atomic E-state index is 0.00661. The number of carbonyl (C=O) groups excluding carboxylic acids is 3. The largest absolute Gasteiger partial charge is 0.358 e. The fourth-order valence-electron chi connectivity index (χ4n) is 5.25. The number of fused-ring (bicyclic) bond motifs is 3. The molecule has 3 heterocycles. The van der Waals surface area contributed by atoms with Gasteiger partial charge in [-0.15, -0.1) is 0 Å². The van der Waals surface area contributed by atoms with Gasteiger partial charge in [0, 0.05) is 38.3 Å². The first kappa shape index (κ1) is 23.5. The minimum Gasteiger partial charge on any atom is -0.358 e. The molecule has 0 saturated carbocycles. The third-order valence-corrected chi connectivity index (χ3v) is 7.22. The van der Waals surface area contributed by atoms with E-state index < -0.39 is 0 Å². The Balaban J connectivity index is 1.55. The molecule has 1 atom stereocenters. The molecule has 1 aromatic rings. The molecule has 4 rings (SSSR count). The monoisotopic (exact) mass is 455 g/mol. The van der Waals surface area contributed by atoms with E-state index in [1.54, 1.807) is 4.90 Å². The molecule has 8 nitrogen and oxygen atoms in total. The maximum atomic E-state index is 13.5. The SMILES string of the molecule is CCN(CC)CCNC(=O)CN1C(=O)[C@H]2CCCCN2c2ccc(C(=O)N3CCCC3)cc21. The molecule has 3 aliphatic rings. The van der Waals surface area contributed by atoms with E-state index in [-0.39, 0.29) is 30.3 Å². The van der Waals surface area contributed by atoms with Crippen LogP contribution in [0.25, 0.3) is 0 Å². The van der Waals surface area contributed by atoms with Crippen LogP contribution in [-0.4, -0.2) is 85.9 Å². The van der Waals surface area contributed by atoms with Gasteiger partial charge in [0.2, 0.25) is 11.8 Å². The van der Waals surface area contributed by atoms with Crippen molar-refractivity contribution >= 4 is 29.1 Å². The molecule has 2 saturated heterocycles. The highest BCUT2D eigenvalue weighted by Gasteiger charge is 2.40. The zero-order valence-electron chi connectivity index (χ0n) is 20.0. The Labute approximate surface area is 196 Å². The molecule has 2 fully saturated rings. The van der Waals surface area contributed by atoms with Crippen molar-refractivity contribution in [2.75, 3.05) is 62.2 Å². The van der Waals surface area contributed by atoms with Gasteiger partial charge in [0.1, 0.15) is 12.6 Å². The smallest absolute Gasteiger partial charge is 0.253 e. The molecule has 0 spiro atoms.